The van der Waals surface area contributed by atoms with Crippen molar-refractivity contribution in [2.75, 3.05) is 6.54 Å². The predicted octanol–water partition coefficient (Wildman–Crippen LogP) is 2.08. The van der Waals surface area contributed by atoms with Gasteiger partial charge in [-0.05, 0) is 34.8 Å². The molecule has 1 amide bonds. The van der Waals surface area contributed by atoms with Crippen molar-refractivity contribution in [2.24, 2.45) is 0 Å². The zero-order valence-corrected chi connectivity index (χ0v) is 10.4. The minimum atomic E-state index is -0.716. The highest BCUT2D eigenvalue weighted by molar-refractivity contribution is 9.10. The maximum absolute atomic E-state index is 11.7. The van der Waals surface area contributed by atoms with Gasteiger partial charge in [0, 0.05) is 6.54 Å². The fraction of sp³-hybridized carbons (Fsp3) is 0.545. The molecule has 1 saturated carbocycles. The van der Waals surface area contributed by atoms with E-state index < -0.39 is 5.60 Å². The number of aliphatic hydroxyl groups is 1. The standard InChI is InChI=1S/C11H14BrNO3/c12-9-8(3-6-16-9)10(14)13-7-11(15)4-1-2-5-11/h3,6,15H,1-2,4-5,7H2,(H,13,14). The summed E-state index contributed by atoms with van der Waals surface area (Å²) >= 11 is 3.14. The average molecular weight is 288 g/mol. The van der Waals surface area contributed by atoms with Gasteiger partial charge >= 0.3 is 0 Å². The molecule has 88 valence electrons. The molecule has 1 aromatic rings. The minimum Gasteiger partial charge on any atom is -0.457 e. The lowest BCUT2D eigenvalue weighted by Crippen LogP contribution is -2.40. The number of nitrogens with one attached hydrogen (secondary N) is 1. The molecule has 1 aliphatic rings. The first kappa shape index (κ1) is 11.7. The van der Waals surface area contributed by atoms with Crippen LogP contribution in [-0.4, -0.2) is 23.2 Å². The van der Waals surface area contributed by atoms with Crippen molar-refractivity contribution in [3.8, 4) is 0 Å². The normalized spacial score (nSPS) is 18.6. The Labute approximate surface area is 102 Å². The largest absolute Gasteiger partial charge is 0.457 e. The van der Waals surface area contributed by atoms with Gasteiger partial charge in [-0.2, -0.15) is 0 Å². The first-order chi connectivity index (χ1) is 7.61. The Hall–Kier alpha value is -0.810. The molecule has 0 unspecified atom stereocenters. The number of hydrogen-bond acceptors (Lipinski definition) is 3. The fourth-order valence-electron chi connectivity index (χ4n) is 2.01. The van der Waals surface area contributed by atoms with E-state index >= 15 is 0 Å². The molecule has 5 heteroatoms. The molecule has 0 spiro atoms. The van der Waals surface area contributed by atoms with Crippen LogP contribution in [0.4, 0.5) is 0 Å². The second-order valence-corrected chi connectivity index (χ2v) is 4.94. The van der Waals surface area contributed by atoms with Crippen LogP contribution in [0.1, 0.15) is 36.0 Å². The van der Waals surface area contributed by atoms with Gasteiger partial charge in [0.2, 0.25) is 0 Å². The summed E-state index contributed by atoms with van der Waals surface area (Å²) < 4.78 is 5.40. The number of amides is 1. The molecule has 0 radical (unpaired) electrons. The molecule has 1 aliphatic carbocycles. The monoisotopic (exact) mass is 287 g/mol. The van der Waals surface area contributed by atoms with Gasteiger partial charge in [0.1, 0.15) is 0 Å². The van der Waals surface area contributed by atoms with Crippen molar-refractivity contribution in [2.45, 2.75) is 31.3 Å². The van der Waals surface area contributed by atoms with E-state index in [1.54, 1.807) is 6.07 Å². The lowest BCUT2D eigenvalue weighted by atomic mass is 10.0. The summed E-state index contributed by atoms with van der Waals surface area (Å²) in [6.07, 6.45) is 5.03. The summed E-state index contributed by atoms with van der Waals surface area (Å²) in [4.78, 5) is 11.7. The molecule has 1 fully saturated rings. The molecular formula is C11H14BrNO3. The summed E-state index contributed by atoms with van der Waals surface area (Å²) in [5.41, 5.74) is -0.257. The van der Waals surface area contributed by atoms with Gasteiger partial charge < -0.3 is 14.8 Å². The van der Waals surface area contributed by atoms with Gasteiger partial charge in [0.05, 0.1) is 17.4 Å². The summed E-state index contributed by atoms with van der Waals surface area (Å²) in [7, 11) is 0. The number of halogens is 1. The quantitative estimate of drug-likeness (QED) is 0.895. The molecule has 1 heterocycles. The molecule has 2 N–H and O–H groups in total. The van der Waals surface area contributed by atoms with Crippen LogP contribution in [0.25, 0.3) is 0 Å². The summed E-state index contributed by atoms with van der Waals surface area (Å²) in [6, 6.07) is 1.60. The lowest BCUT2D eigenvalue weighted by Gasteiger charge is -2.22. The highest BCUT2D eigenvalue weighted by Crippen LogP contribution is 2.28. The molecule has 0 bridgehead atoms. The molecule has 16 heavy (non-hydrogen) atoms. The van der Waals surface area contributed by atoms with Crippen LogP contribution < -0.4 is 5.32 Å². The van der Waals surface area contributed by atoms with Crippen LogP contribution in [0.15, 0.2) is 21.4 Å². The average Bonchev–Trinajstić information content (AvgIpc) is 2.85. The highest BCUT2D eigenvalue weighted by Gasteiger charge is 2.31. The maximum atomic E-state index is 11.7. The summed E-state index contributed by atoms with van der Waals surface area (Å²) in [5, 5.41) is 12.8. The Morgan fingerprint density at radius 3 is 2.81 bits per heavy atom. The third kappa shape index (κ3) is 2.47. The Kier molecular flexibility index (Phi) is 3.35. The Morgan fingerprint density at radius 2 is 2.25 bits per heavy atom. The van der Waals surface area contributed by atoms with E-state index in [-0.39, 0.29) is 5.91 Å². The van der Waals surface area contributed by atoms with Crippen LogP contribution >= 0.6 is 15.9 Å². The van der Waals surface area contributed by atoms with Gasteiger partial charge in [-0.3, -0.25) is 4.79 Å². The van der Waals surface area contributed by atoms with E-state index in [0.29, 0.717) is 16.8 Å². The van der Waals surface area contributed by atoms with Crippen LogP contribution in [0.3, 0.4) is 0 Å². The third-order valence-corrected chi connectivity index (χ3v) is 3.59. The van der Waals surface area contributed by atoms with E-state index in [4.69, 9.17) is 4.42 Å². The van der Waals surface area contributed by atoms with Gasteiger partial charge in [0.25, 0.3) is 5.91 Å². The molecule has 1 aromatic heterocycles. The van der Waals surface area contributed by atoms with Crippen molar-refractivity contribution < 1.29 is 14.3 Å². The molecule has 4 nitrogen and oxygen atoms in total. The zero-order chi connectivity index (χ0) is 11.6. The predicted molar refractivity (Wildman–Crippen MR) is 62.2 cm³/mol. The van der Waals surface area contributed by atoms with Crippen molar-refractivity contribution in [1.82, 2.24) is 5.32 Å². The van der Waals surface area contributed by atoms with Crippen LogP contribution in [-0.2, 0) is 0 Å². The molecule has 0 aromatic carbocycles. The fourth-order valence-corrected chi connectivity index (χ4v) is 2.43. The van der Waals surface area contributed by atoms with Crippen LogP contribution in [0.5, 0.6) is 0 Å². The Bertz CT molecular complexity index is 382. The Balaban J connectivity index is 1.91. The second-order valence-electron chi connectivity index (χ2n) is 4.22. The van der Waals surface area contributed by atoms with E-state index in [1.165, 1.54) is 6.26 Å². The highest BCUT2D eigenvalue weighted by atomic mass is 79.9. The van der Waals surface area contributed by atoms with Gasteiger partial charge in [-0.1, -0.05) is 12.8 Å². The number of carbonyl (C=O) groups is 1. The van der Waals surface area contributed by atoms with E-state index in [2.05, 4.69) is 21.2 Å². The minimum absolute atomic E-state index is 0.221. The van der Waals surface area contributed by atoms with Crippen molar-refractivity contribution in [1.29, 1.82) is 0 Å². The molecular weight excluding hydrogens is 274 g/mol. The summed E-state index contributed by atoms with van der Waals surface area (Å²) in [5.74, 6) is -0.221. The second kappa shape index (κ2) is 4.59. The maximum Gasteiger partial charge on any atom is 0.255 e. The Morgan fingerprint density at radius 1 is 1.56 bits per heavy atom. The molecule has 0 saturated heterocycles. The number of furan rings is 1. The smallest absolute Gasteiger partial charge is 0.255 e. The molecule has 0 aliphatic heterocycles. The van der Waals surface area contributed by atoms with Gasteiger partial charge in [0.15, 0.2) is 4.67 Å². The zero-order valence-electron chi connectivity index (χ0n) is 8.83. The number of carbonyl (C=O) groups excluding carboxylic acids is 1. The topological polar surface area (TPSA) is 62.5 Å². The number of hydrogen-bond donors (Lipinski definition) is 2. The van der Waals surface area contributed by atoms with Crippen LogP contribution in [0, 0.1) is 0 Å². The van der Waals surface area contributed by atoms with Crippen molar-refractivity contribution in [3.05, 3.63) is 22.6 Å². The molecule has 0 atom stereocenters. The molecule has 2 rings (SSSR count). The van der Waals surface area contributed by atoms with Crippen LogP contribution in [0.2, 0.25) is 0 Å². The SMILES string of the molecule is O=C(NCC1(O)CCCC1)c1ccoc1Br. The number of rotatable bonds is 3. The van der Waals surface area contributed by atoms with E-state index in [1.807, 2.05) is 0 Å². The van der Waals surface area contributed by atoms with E-state index in [9.17, 15) is 9.90 Å². The van der Waals surface area contributed by atoms with Gasteiger partial charge in [-0.25, -0.2) is 0 Å². The summed E-state index contributed by atoms with van der Waals surface area (Å²) in [6.45, 7) is 0.309. The van der Waals surface area contributed by atoms with E-state index in [0.717, 1.165) is 25.7 Å². The first-order valence-corrected chi connectivity index (χ1v) is 6.14. The van der Waals surface area contributed by atoms with Crippen molar-refractivity contribution >= 4 is 21.8 Å². The third-order valence-electron chi connectivity index (χ3n) is 2.97. The lowest BCUT2D eigenvalue weighted by molar-refractivity contribution is 0.0449. The van der Waals surface area contributed by atoms with Gasteiger partial charge in [-0.15, -0.1) is 0 Å². The first-order valence-electron chi connectivity index (χ1n) is 5.34. The van der Waals surface area contributed by atoms with Crippen molar-refractivity contribution in [3.63, 3.8) is 0 Å².